The van der Waals surface area contributed by atoms with Gasteiger partial charge in [0.2, 0.25) is 0 Å². The normalized spacial score (nSPS) is 12.5. The fraction of sp³-hybridized carbons (Fsp3) is 0.0377. The van der Waals surface area contributed by atoms with Crippen LogP contribution in [0.5, 0.6) is 0 Å². The number of aromatic nitrogens is 2. The first-order valence-electron chi connectivity index (χ1n) is 19.2. The van der Waals surface area contributed by atoms with Gasteiger partial charge >= 0.3 is 0 Å². The van der Waals surface area contributed by atoms with Crippen LogP contribution >= 0.6 is 0 Å². The van der Waals surface area contributed by atoms with E-state index >= 15 is 0 Å². The first kappa shape index (κ1) is 31.5. The number of aryl methyl sites for hydroxylation is 1. The molecule has 9 aromatic carbocycles. The Bertz CT molecular complexity index is 3130. The van der Waals surface area contributed by atoms with E-state index in [0.717, 1.165) is 41.0 Å². The molecule has 10 aromatic rings. The van der Waals surface area contributed by atoms with E-state index in [-0.39, 0.29) is 0 Å². The van der Waals surface area contributed by atoms with Crippen LogP contribution in [0.3, 0.4) is 0 Å². The number of benzene rings is 9. The van der Waals surface area contributed by atoms with Crippen molar-refractivity contribution in [2.45, 2.75) is 12.8 Å². The Morgan fingerprint density at radius 2 is 1.07 bits per heavy atom. The second kappa shape index (κ2) is 12.8. The topological polar surface area (TPSA) is 17.8 Å². The van der Waals surface area contributed by atoms with E-state index in [1.165, 1.54) is 76.8 Å². The lowest BCUT2D eigenvalue weighted by Crippen LogP contribution is -1.97. The van der Waals surface area contributed by atoms with Crippen molar-refractivity contribution in [2.24, 2.45) is 0 Å². The van der Waals surface area contributed by atoms with Crippen LogP contribution in [-0.4, -0.2) is 9.55 Å². The van der Waals surface area contributed by atoms with Gasteiger partial charge < -0.3 is 0 Å². The molecule has 1 aromatic heterocycles. The van der Waals surface area contributed by atoms with Crippen LogP contribution in [0.25, 0.3) is 99.9 Å². The summed E-state index contributed by atoms with van der Waals surface area (Å²) in [4.78, 5) is 5.12. The van der Waals surface area contributed by atoms with Gasteiger partial charge in [-0.3, -0.25) is 4.57 Å². The van der Waals surface area contributed by atoms with Gasteiger partial charge in [-0.2, -0.15) is 0 Å². The Hall–Kier alpha value is -7.03. The maximum Gasteiger partial charge on any atom is 0.145 e. The smallest absolute Gasteiger partial charge is 0.145 e. The molecule has 55 heavy (non-hydrogen) atoms. The third-order valence-electron chi connectivity index (χ3n) is 11.4. The molecule has 0 fully saturated rings. The Morgan fingerprint density at radius 3 is 1.93 bits per heavy atom. The van der Waals surface area contributed by atoms with E-state index < -0.39 is 0 Å². The number of allylic oxidation sites excluding steroid dienone is 1. The molecule has 0 spiro atoms. The maximum atomic E-state index is 5.12. The molecular formula is C53H36N2. The summed E-state index contributed by atoms with van der Waals surface area (Å²) in [6.07, 6.45) is 6.81. The van der Waals surface area contributed by atoms with Gasteiger partial charge in [-0.1, -0.05) is 152 Å². The van der Waals surface area contributed by atoms with E-state index in [1.54, 1.807) is 0 Å². The fourth-order valence-corrected chi connectivity index (χ4v) is 8.78. The lowest BCUT2D eigenvalue weighted by atomic mass is 9.83. The molecule has 11 rings (SSSR count). The molecule has 2 nitrogen and oxygen atoms in total. The van der Waals surface area contributed by atoms with Gasteiger partial charge in [0.15, 0.2) is 0 Å². The average molecular weight is 701 g/mol. The molecule has 0 atom stereocenters. The van der Waals surface area contributed by atoms with E-state index in [9.17, 15) is 0 Å². The highest BCUT2D eigenvalue weighted by Gasteiger charge is 2.20. The summed E-state index contributed by atoms with van der Waals surface area (Å²) in [6, 6.07) is 66.5. The SMILES string of the molecule is C1=Cc2cc(-c3c4ccccc4c(-c4ccc5ccccc5c4)c4cc(-c5ccc(-c6nc7ccccc7n6-c6ccccc6)cc5)ccc34)ccc2CC1. The number of rotatable bonds is 5. The molecule has 258 valence electrons. The minimum Gasteiger partial charge on any atom is -0.292 e. The largest absolute Gasteiger partial charge is 0.292 e. The lowest BCUT2D eigenvalue weighted by Gasteiger charge is -2.20. The first-order chi connectivity index (χ1) is 27.3. The lowest BCUT2D eigenvalue weighted by molar-refractivity contribution is 0.986. The molecule has 1 aliphatic rings. The Kier molecular flexibility index (Phi) is 7.34. The van der Waals surface area contributed by atoms with E-state index in [4.69, 9.17) is 4.98 Å². The van der Waals surface area contributed by atoms with Crippen LogP contribution in [0.15, 0.2) is 188 Å². The fourth-order valence-electron chi connectivity index (χ4n) is 8.78. The standard InChI is InChI=1S/C53H36N2/c1-2-16-44(17-3-1)55-50-21-11-10-20-49(50)54-53(55)38-26-22-37(23-27-38)41-30-31-47-48(34-41)52(43-29-25-36-13-5-7-15-40(36)33-43)46-19-9-8-18-45(46)51(47)42-28-24-35-12-4-6-14-39(35)32-42/h1-3,5-11,13-34H,4,12H2. The van der Waals surface area contributed by atoms with Crippen LogP contribution in [-0.2, 0) is 6.42 Å². The number of hydrogen-bond donors (Lipinski definition) is 0. The third kappa shape index (κ3) is 5.29. The zero-order chi connectivity index (χ0) is 36.3. The van der Waals surface area contributed by atoms with Gasteiger partial charge in [-0.05, 0) is 132 Å². The number of fused-ring (bicyclic) bond motifs is 5. The Morgan fingerprint density at radius 1 is 0.436 bits per heavy atom. The monoisotopic (exact) mass is 700 g/mol. The van der Waals surface area contributed by atoms with Gasteiger partial charge in [0.25, 0.3) is 0 Å². The van der Waals surface area contributed by atoms with Crippen molar-refractivity contribution in [3.05, 3.63) is 199 Å². The third-order valence-corrected chi connectivity index (χ3v) is 11.4. The van der Waals surface area contributed by atoms with E-state index in [2.05, 4.69) is 199 Å². The van der Waals surface area contributed by atoms with Crippen LogP contribution in [0.1, 0.15) is 17.5 Å². The zero-order valence-corrected chi connectivity index (χ0v) is 30.3. The number of nitrogens with zero attached hydrogens (tertiary/aromatic N) is 2. The van der Waals surface area contributed by atoms with Crippen molar-refractivity contribution < 1.29 is 0 Å². The molecular weight excluding hydrogens is 665 g/mol. The van der Waals surface area contributed by atoms with Crippen LogP contribution in [0.4, 0.5) is 0 Å². The number of imidazole rings is 1. The second-order valence-electron chi connectivity index (χ2n) is 14.6. The molecule has 0 bridgehead atoms. The van der Waals surface area contributed by atoms with Gasteiger partial charge in [-0.25, -0.2) is 4.98 Å². The molecule has 2 heteroatoms. The molecule has 0 amide bonds. The van der Waals surface area contributed by atoms with Gasteiger partial charge in [-0.15, -0.1) is 0 Å². The number of hydrogen-bond acceptors (Lipinski definition) is 1. The van der Waals surface area contributed by atoms with Crippen molar-refractivity contribution in [3.8, 4) is 50.5 Å². The highest BCUT2D eigenvalue weighted by atomic mass is 15.1. The molecule has 1 aliphatic carbocycles. The second-order valence-corrected chi connectivity index (χ2v) is 14.6. The quantitative estimate of drug-likeness (QED) is 0.163. The summed E-state index contributed by atoms with van der Waals surface area (Å²) in [5, 5.41) is 7.55. The van der Waals surface area contributed by atoms with Gasteiger partial charge in [0, 0.05) is 11.3 Å². The minimum atomic E-state index is 0.937. The summed E-state index contributed by atoms with van der Waals surface area (Å²) in [7, 11) is 0. The summed E-state index contributed by atoms with van der Waals surface area (Å²) in [5.41, 5.74) is 14.4. The molecule has 1 heterocycles. The van der Waals surface area contributed by atoms with E-state index in [1.807, 2.05) is 0 Å². The van der Waals surface area contributed by atoms with E-state index in [0.29, 0.717) is 0 Å². The average Bonchev–Trinajstić information content (AvgIpc) is 3.65. The van der Waals surface area contributed by atoms with Crippen LogP contribution < -0.4 is 0 Å². The number of para-hydroxylation sites is 3. The minimum absolute atomic E-state index is 0.937. The van der Waals surface area contributed by atoms with Crippen LogP contribution in [0.2, 0.25) is 0 Å². The molecule has 0 saturated carbocycles. The summed E-state index contributed by atoms with van der Waals surface area (Å²) >= 11 is 0. The predicted molar refractivity (Wildman–Crippen MR) is 233 cm³/mol. The van der Waals surface area contributed by atoms with Crippen molar-refractivity contribution in [1.29, 1.82) is 0 Å². The van der Waals surface area contributed by atoms with Crippen LogP contribution in [0, 0.1) is 0 Å². The summed E-state index contributed by atoms with van der Waals surface area (Å²) < 4.78 is 2.26. The molecule has 0 N–H and O–H groups in total. The predicted octanol–water partition coefficient (Wildman–Crippen LogP) is 14.1. The molecule has 0 aliphatic heterocycles. The van der Waals surface area contributed by atoms with Crippen molar-refractivity contribution in [2.75, 3.05) is 0 Å². The van der Waals surface area contributed by atoms with Crippen molar-refractivity contribution in [1.82, 2.24) is 9.55 Å². The molecule has 0 radical (unpaired) electrons. The highest BCUT2D eigenvalue weighted by Crippen LogP contribution is 2.46. The molecule has 0 saturated heterocycles. The molecule has 0 unspecified atom stereocenters. The van der Waals surface area contributed by atoms with Crippen molar-refractivity contribution in [3.63, 3.8) is 0 Å². The summed E-state index contributed by atoms with van der Waals surface area (Å²) in [5.74, 6) is 0.937. The zero-order valence-electron chi connectivity index (χ0n) is 30.3. The van der Waals surface area contributed by atoms with Crippen molar-refractivity contribution >= 4 is 49.4 Å². The Labute approximate surface area is 320 Å². The van der Waals surface area contributed by atoms with Gasteiger partial charge in [0.05, 0.1) is 11.0 Å². The Balaban J connectivity index is 1.12. The highest BCUT2D eigenvalue weighted by molar-refractivity contribution is 6.22. The van der Waals surface area contributed by atoms with Gasteiger partial charge in [0.1, 0.15) is 5.82 Å². The first-order valence-corrected chi connectivity index (χ1v) is 19.2. The maximum absolute atomic E-state index is 5.12. The summed E-state index contributed by atoms with van der Waals surface area (Å²) in [6.45, 7) is 0.